The molecule has 0 spiro atoms. The van der Waals surface area contributed by atoms with Crippen LogP contribution in [0, 0.1) is 5.92 Å². The summed E-state index contributed by atoms with van der Waals surface area (Å²) in [6.45, 7) is 14.0. The maximum absolute atomic E-state index is 3.99. The highest BCUT2D eigenvalue weighted by molar-refractivity contribution is 4.97. The normalized spacial score (nSPS) is 19.3. The van der Waals surface area contributed by atoms with E-state index in [2.05, 4.69) is 37.6 Å². The van der Waals surface area contributed by atoms with E-state index in [1.807, 2.05) is 0 Å². The third kappa shape index (κ3) is 2.86. The Morgan fingerprint density at radius 1 is 1.58 bits per heavy atom. The Morgan fingerprint density at radius 3 is 2.58 bits per heavy atom. The molecule has 0 saturated carbocycles. The van der Waals surface area contributed by atoms with Crippen molar-refractivity contribution >= 4 is 0 Å². The minimum absolute atomic E-state index is 0.510. The fraction of sp³-hybridized carbons (Fsp3) is 0.800. The monoisotopic (exact) mass is 168 g/mol. The van der Waals surface area contributed by atoms with Crippen molar-refractivity contribution in [1.29, 1.82) is 0 Å². The number of hydrogen-bond acceptors (Lipinski definition) is 2. The van der Waals surface area contributed by atoms with Crippen LogP contribution in [0.15, 0.2) is 12.3 Å². The van der Waals surface area contributed by atoms with E-state index in [-0.39, 0.29) is 0 Å². The van der Waals surface area contributed by atoms with Gasteiger partial charge in [-0.05, 0) is 19.8 Å². The molecule has 2 nitrogen and oxygen atoms in total. The molecule has 70 valence electrons. The Bertz CT molecular complexity index is 157. The van der Waals surface area contributed by atoms with E-state index in [0.29, 0.717) is 6.04 Å². The molecule has 1 rings (SSSR count). The van der Waals surface area contributed by atoms with Gasteiger partial charge in [-0.1, -0.05) is 13.5 Å². The van der Waals surface area contributed by atoms with Gasteiger partial charge in [0.2, 0.25) is 0 Å². The zero-order valence-electron chi connectivity index (χ0n) is 8.43. The standard InChI is InChI=1S/C10H20N2/c1-8(2)11-10(4)7-12-5-9(3)6-12/h8-9,11H,4-7H2,1-3H3. The topological polar surface area (TPSA) is 15.3 Å². The highest BCUT2D eigenvalue weighted by atomic mass is 15.2. The summed E-state index contributed by atoms with van der Waals surface area (Å²) < 4.78 is 0. The molecule has 1 fully saturated rings. The smallest absolute Gasteiger partial charge is 0.0376 e. The molecule has 1 saturated heterocycles. The molecule has 1 heterocycles. The predicted octanol–water partition coefficient (Wildman–Crippen LogP) is 1.45. The molecule has 0 amide bonds. The van der Waals surface area contributed by atoms with Crippen LogP contribution in [0.3, 0.4) is 0 Å². The molecule has 0 aliphatic carbocycles. The third-order valence-electron chi connectivity index (χ3n) is 2.05. The molecule has 0 unspecified atom stereocenters. The van der Waals surface area contributed by atoms with Gasteiger partial charge >= 0.3 is 0 Å². The zero-order valence-corrected chi connectivity index (χ0v) is 8.43. The Labute approximate surface area is 75.6 Å². The fourth-order valence-corrected chi connectivity index (χ4v) is 1.68. The average molecular weight is 168 g/mol. The second-order valence-corrected chi connectivity index (χ2v) is 4.20. The van der Waals surface area contributed by atoms with Crippen molar-refractivity contribution in [3.05, 3.63) is 12.3 Å². The summed E-state index contributed by atoms with van der Waals surface area (Å²) in [6, 6.07) is 0.510. The lowest BCUT2D eigenvalue weighted by molar-refractivity contribution is 0.123. The van der Waals surface area contributed by atoms with Crippen LogP contribution in [0.5, 0.6) is 0 Å². The highest BCUT2D eigenvalue weighted by Crippen LogP contribution is 2.14. The summed E-state index contributed by atoms with van der Waals surface area (Å²) in [7, 11) is 0. The third-order valence-corrected chi connectivity index (χ3v) is 2.05. The molecule has 1 aliphatic rings. The Balaban J connectivity index is 2.11. The van der Waals surface area contributed by atoms with Gasteiger partial charge < -0.3 is 5.32 Å². The van der Waals surface area contributed by atoms with Crippen molar-refractivity contribution in [2.75, 3.05) is 19.6 Å². The fourth-order valence-electron chi connectivity index (χ4n) is 1.68. The summed E-state index contributed by atoms with van der Waals surface area (Å²) in [5, 5.41) is 3.32. The van der Waals surface area contributed by atoms with E-state index >= 15 is 0 Å². The lowest BCUT2D eigenvalue weighted by atomic mass is 10.0. The number of rotatable bonds is 4. The van der Waals surface area contributed by atoms with E-state index in [1.165, 1.54) is 13.1 Å². The molecule has 1 N–H and O–H groups in total. The van der Waals surface area contributed by atoms with E-state index in [9.17, 15) is 0 Å². The van der Waals surface area contributed by atoms with Crippen molar-refractivity contribution in [3.63, 3.8) is 0 Å². The molecule has 1 aliphatic heterocycles. The van der Waals surface area contributed by atoms with Crippen molar-refractivity contribution in [2.24, 2.45) is 5.92 Å². The Hall–Kier alpha value is -0.500. The van der Waals surface area contributed by atoms with Crippen LogP contribution in [0.4, 0.5) is 0 Å². The summed E-state index contributed by atoms with van der Waals surface area (Å²) >= 11 is 0. The first kappa shape index (κ1) is 9.59. The van der Waals surface area contributed by atoms with Gasteiger partial charge in [0.1, 0.15) is 0 Å². The SMILES string of the molecule is C=C(CN1CC(C)C1)NC(C)C. The molecular formula is C10H20N2. The minimum atomic E-state index is 0.510. The number of hydrogen-bond donors (Lipinski definition) is 1. The van der Waals surface area contributed by atoms with Crippen molar-refractivity contribution in [2.45, 2.75) is 26.8 Å². The first-order valence-corrected chi connectivity index (χ1v) is 4.74. The quantitative estimate of drug-likeness (QED) is 0.683. The lowest BCUT2D eigenvalue weighted by Gasteiger charge is -2.37. The van der Waals surface area contributed by atoms with Gasteiger partial charge in [-0.15, -0.1) is 0 Å². The molecule has 0 radical (unpaired) electrons. The minimum Gasteiger partial charge on any atom is -0.386 e. The van der Waals surface area contributed by atoms with Gasteiger partial charge in [-0.25, -0.2) is 0 Å². The van der Waals surface area contributed by atoms with Gasteiger partial charge in [0.15, 0.2) is 0 Å². The number of likely N-dealkylation sites (tertiary alicyclic amines) is 1. The van der Waals surface area contributed by atoms with Crippen LogP contribution in [0.1, 0.15) is 20.8 Å². The van der Waals surface area contributed by atoms with Crippen LogP contribution >= 0.6 is 0 Å². The van der Waals surface area contributed by atoms with Crippen LogP contribution in [-0.2, 0) is 0 Å². The summed E-state index contributed by atoms with van der Waals surface area (Å²) in [5.41, 5.74) is 1.15. The van der Waals surface area contributed by atoms with Crippen molar-refractivity contribution < 1.29 is 0 Å². The first-order chi connectivity index (χ1) is 5.58. The molecule has 0 aromatic heterocycles. The largest absolute Gasteiger partial charge is 0.386 e. The number of nitrogens with zero attached hydrogens (tertiary/aromatic N) is 1. The molecule has 0 aromatic rings. The predicted molar refractivity (Wildman–Crippen MR) is 53.0 cm³/mol. The number of nitrogens with one attached hydrogen (secondary N) is 1. The maximum atomic E-state index is 3.99. The molecule has 0 aromatic carbocycles. The second kappa shape index (κ2) is 3.94. The van der Waals surface area contributed by atoms with E-state index in [0.717, 1.165) is 18.2 Å². The molecule has 0 bridgehead atoms. The molecule has 0 atom stereocenters. The molecule has 12 heavy (non-hydrogen) atoms. The van der Waals surface area contributed by atoms with Gasteiger partial charge in [-0.3, -0.25) is 4.90 Å². The van der Waals surface area contributed by atoms with Gasteiger partial charge in [0.25, 0.3) is 0 Å². The summed E-state index contributed by atoms with van der Waals surface area (Å²) in [6.07, 6.45) is 0. The summed E-state index contributed by atoms with van der Waals surface area (Å²) in [5.74, 6) is 0.886. The molecule has 2 heteroatoms. The van der Waals surface area contributed by atoms with Gasteiger partial charge in [0, 0.05) is 31.4 Å². The van der Waals surface area contributed by atoms with E-state index in [1.54, 1.807) is 0 Å². The second-order valence-electron chi connectivity index (χ2n) is 4.20. The van der Waals surface area contributed by atoms with Crippen LogP contribution in [0.2, 0.25) is 0 Å². The maximum Gasteiger partial charge on any atom is 0.0376 e. The van der Waals surface area contributed by atoms with Crippen molar-refractivity contribution in [1.82, 2.24) is 10.2 Å². The van der Waals surface area contributed by atoms with Crippen LogP contribution in [-0.4, -0.2) is 30.6 Å². The van der Waals surface area contributed by atoms with Gasteiger partial charge in [0.05, 0.1) is 0 Å². The summed E-state index contributed by atoms with van der Waals surface area (Å²) in [4.78, 5) is 2.42. The van der Waals surface area contributed by atoms with Gasteiger partial charge in [-0.2, -0.15) is 0 Å². The first-order valence-electron chi connectivity index (χ1n) is 4.74. The lowest BCUT2D eigenvalue weighted by Crippen LogP contribution is -2.47. The van der Waals surface area contributed by atoms with E-state index < -0.39 is 0 Å². The Morgan fingerprint density at radius 2 is 2.17 bits per heavy atom. The van der Waals surface area contributed by atoms with Crippen LogP contribution < -0.4 is 5.32 Å². The van der Waals surface area contributed by atoms with Crippen molar-refractivity contribution in [3.8, 4) is 0 Å². The Kier molecular flexibility index (Phi) is 3.15. The highest BCUT2D eigenvalue weighted by Gasteiger charge is 2.22. The zero-order chi connectivity index (χ0) is 9.14. The molecular weight excluding hydrogens is 148 g/mol. The van der Waals surface area contributed by atoms with E-state index in [4.69, 9.17) is 0 Å². The average Bonchev–Trinajstić information content (AvgIpc) is 1.82. The van der Waals surface area contributed by atoms with Crippen LogP contribution in [0.25, 0.3) is 0 Å².